The number of carbonyl (C=O) groups excluding carboxylic acids is 2. The van der Waals surface area contributed by atoms with Gasteiger partial charge in [-0.3, -0.25) is 9.59 Å². The molecule has 0 spiro atoms. The van der Waals surface area contributed by atoms with E-state index in [4.69, 9.17) is 10.8 Å². The number of anilines is 1. The van der Waals surface area contributed by atoms with Crippen molar-refractivity contribution in [2.24, 2.45) is 5.73 Å². The lowest BCUT2D eigenvalue weighted by Crippen LogP contribution is -2.49. The fourth-order valence-corrected chi connectivity index (χ4v) is 1.81. The van der Waals surface area contributed by atoms with Crippen molar-refractivity contribution in [3.05, 3.63) is 29.8 Å². The number of hydrogen-bond donors (Lipinski definition) is 3. The average molecular weight is 293 g/mol. The van der Waals surface area contributed by atoms with E-state index in [1.54, 1.807) is 12.1 Å². The quantitative estimate of drug-likeness (QED) is 0.722. The summed E-state index contributed by atoms with van der Waals surface area (Å²) in [6.07, 6.45) is -0.192. The summed E-state index contributed by atoms with van der Waals surface area (Å²) in [6.45, 7) is 3.42. The third-order valence-electron chi connectivity index (χ3n) is 2.89. The Labute approximate surface area is 122 Å². The molecule has 7 heteroatoms. The lowest BCUT2D eigenvalue weighted by atomic mass is 10.2. The zero-order valence-electron chi connectivity index (χ0n) is 12.0. The highest BCUT2D eigenvalue weighted by Crippen LogP contribution is 2.16. The number of rotatable bonds is 6. The van der Waals surface area contributed by atoms with Crippen molar-refractivity contribution in [2.45, 2.75) is 26.3 Å². The van der Waals surface area contributed by atoms with Crippen LogP contribution >= 0.6 is 0 Å². The maximum absolute atomic E-state index is 12.3. The van der Waals surface area contributed by atoms with E-state index < -0.39 is 23.9 Å². The summed E-state index contributed by atoms with van der Waals surface area (Å²) in [7, 11) is 0. The molecule has 7 nitrogen and oxygen atoms in total. The molecule has 21 heavy (non-hydrogen) atoms. The number of amides is 3. The summed E-state index contributed by atoms with van der Waals surface area (Å²) in [5.41, 5.74) is 6.59. The van der Waals surface area contributed by atoms with Gasteiger partial charge in [0.15, 0.2) is 0 Å². The van der Waals surface area contributed by atoms with E-state index in [-0.39, 0.29) is 13.0 Å². The van der Waals surface area contributed by atoms with Gasteiger partial charge in [0.05, 0.1) is 6.42 Å². The third kappa shape index (κ3) is 5.13. The first kappa shape index (κ1) is 16.5. The Morgan fingerprint density at radius 1 is 1.29 bits per heavy atom. The van der Waals surface area contributed by atoms with Crippen LogP contribution in [-0.2, 0) is 9.59 Å². The van der Waals surface area contributed by atoms with E-state index in [0.717, 1.165) is 5.56 Å². The van der Waals surface area contributed by atoms with Gasteiger partial charge < -0.3 is 21.1 Å². The Kier molecular flexibility index (Phi) is 5.71. The molecular formula is C14H19N3O4. The van der Waals surface area contributed by atoms with Crippen LogP contribution in [0.2, 0.25) is 0 Å². The highest BCUT2D eigenvalue weighted by atomic mass is 16.4. The minimum absolute atomic E-state index is 0.0159. The Balaban J connectivity index is 2.95. The Morgan fingerprint density at radius 3 is 2.33 bits per heavy atom. The number of carboxylic acids is 1. The van der Waals surface area contributed by atoms with Crippen LogP contribution in [0.5, 0.6) is 0 Å². The maximum Gasteiger partial charge on any atom is 0.312 e. The second-order valence-electron chi connectivity index (χ2n) is 4.70. The average Bonchev–Trinajstić information content (AvgIpc) is 2.39. The van der Waals surface area contributed by atoms with Crippen molar-refractivity contribution in [1.82, 2.24) is 5.32 Å². The number of urea groups is 1. The zero-order valence-corrected chi connectivity index (χ0v) is 12.0. The molecule has 0 heterocycles. The number of carboxylic acid groups (broad SMARTS) is 1. The van der Waals surface area contributed by atoms with Crippen LogP contribution in [0.25, 0.3) is 0 Å². The topological polar surface area (TPSA) is 113 Å². The van der Waals surface area contributed by atoms with E-state index >= 15 is 0 Å². The van der Waals surface area contributed by atoms with Gasteiger partial charge in [0.1, 0.15) is 6.04 Å². The maximum atomic E-state index is 12.3. The van der Waals surface area contributed by atoms with Crippen LogP contribution < -0.4 is 16.0 Å². The molecule has 114 valence electrons. The largest absolute Gasteiger partial charge is 0.481 e. The number of carbonyl (C=O) groups is 3. The molecule has 4 N–H and O–H groups in total. The van der Waals surface area contributed by atoms with E-state index in [0.29, 0.717) is 5.69 Å². The molecule has 0 bridgehead atoms. The number of hydrogen-bond acceptors (Lipinski definition) is 3. The fraction of sp³-hybridized carbons (Fsp3) is 0.357. The monoisotopic (exact) mass is 293 g/mol. The van der Waals surface area contributed by atoms with Gasteiger partial charge in [-0.25, -0.2) is 4.79 Å². The van der Waals surface area contributed by atoms with Gasteiger partial charge in [0, 0.05) is 12.2 Å². The van der Waals surface area contributed by atoms with Gasteiger partial charge in [0.2, 0.25) is 5.91 Å². The molecule has 0 radical (unpaired) electrons. The molecule has 1 aromatic rings. The van der Waals surface area contributed by atoms with Crippen molar-refractivity contribution in [3.63, 3.8) is 0 Å². The highest BCUT2D eigenvalue weighted by molar-refractivity contribution is 5.99. The molecule has 0 saturated carbocycles. The first-order valence-electron chi connectivity index (χ1n) is 6.47. The highest BCUT2D eigenvalue weighted by Gasteiger charge is 2.23. The summed E-state index contributed by atoms with van der Waals surface area (Å²) in [5, 5.41) is 11.1. The summed E-state index contributed by atoms with van der Waals surface area (Å²) >= 11 is 0. The third-order valence-corrected chi connectivity index (χ3v) is 2.89. The van der Waals surface area contributed by atoms with E-state index in [9.17, 15) is 14.4 Å². The second-order valence-corrected chi connectivity index (χ2v) is 4.70. The number of nitrogens with two attached hydrogens (primary N) is 1. The smallest absolute Gasteiger partial charge is 0.312 e. The molecule has 0 saturated heterocycles. The van der Waals surface area contributed by atoms with Crippen molar-refractivity contribution < 1.29 is 19.5 Å². The lowest BCUT2D eigenvalue weighted by Gasteiger charge is -2.25. The van der Waals surface area contributed by atoms with E-state index in [1.807, 2.05) is 19.1 Å². The number of nitrogens with one attached hydrogen (secondary N) is 1. The molecular weight excluding hydrogens is 274 g/mol. The molecule has 0 fully saturated rings. The number of benzene rings is 1. The van der Waals surface area contributed by atoms with Crippen molar-refractivity contribution in [1.29, 1.82) is 0 Å². The standard InChI is InChI=1S/C14H19N3O4/c1-9-3-5-11(6-4-9)17(8-7-12(18)19)13(20)10(2)16-14(15)21/h3-6,10H,7-8H2,1-2H3,(H,18,19)(H3,15,16,21). The first-order chi connectivity index (χ1) is 9.81. The number of aryl methyl sites for hydroxylation is 1. The van der Waals surface area contributed by atoms with Crippen molar-refractivity contribution in [2.75, 3.05) is 11.4 Å². The molecule has 0 aliphatic rings. The first-order valence-corrected chi connectivity index (χ1v) is 6.47. The van der Waals surface area contributed by atoms with Gasteiger partial charge in [-0.2, -0.15) is 0 Å². The number of primary amides is 1. The summed E-state index contributed by atoms with van der Waals surface area (Å²) in [4.78, 5) is 35.2. The van der Waals surface area contributed by atoms with Crippen molar-refractivity contribution in [3.8, 4) is 0 Å². The summed E-state index contributed by atoms with van der Waals surface area (Å²) in [6, 6.07) is 5.46. The predicted octanol–water partition coefficient (Wildman–Crippen LogP) is 0.860. The van der Waals surface area contributed by atoms with Crippen molar-refractivity contribution >= 4 is 23.6 Å². The molecule has 1 rings (SSSR count). The zero-order chi connectivity index (χ0) is 16.0. The van der Waals surface area contributed by atoms with Crippen LogP contribution in [0.15, 0.2) is 24.3 Å². The SMILES string of the molecule is Cc1ccc(N(CCC(=O)O)C(=O)C(C)NC(N)=O)cc1. The Hall–Kier alpha value is -2.57. The minimum atomic E-state index is -1.00. The summed E-state index contributed by atoms with van der Waals surface area (Å²) in [5.74, 6) is -1.42. The van der Waals surface area contributed by atoms with Crippen LogP contribution in [0, 0.1) is 6.92 Å². The minimum Gasteiger partial charge on any atom is -0.481 e. The van der Waals surface area contributed by atoms with Crippen LogP contribution in [-0.4, -0.2) is 35.6 Å². The van der Waals surface area contributed by atoms with Gasteiger partial charge in [-0.1, -0.05) is 17.7 Å². The summed E-state index contributed by atoms with van der Waals surface area (Å²) < 4.78 is 0. The molecule has 0 aliphatic carbocycles. The normalized spacial score (nSPS) is 11.5. The Morgan fingerprint density at radius 2 is 1.86 bits per heavy atom. The molecule has 0 aliphatic heterocycles. The molecule has 3 amide bonds. The van der Waals surface area contributed by atoms with Crippen LogP contribution in [0.4, 0.5) is 10.5 Å². The van der Waals surface area contributed by atoms with Crippen LogP contribution in [0.1, 0.15) is 18.9 Å². The fourth-order valence-electron chi connectivity index (χ4n) is 1.81. The number of nitrogens with zero attached hydrogens (tertiary/aromatic N) is 1. The lowest BCUT2D eigenvalue weighted by molar-refractivity contribution is -0.136. The predicted molar refractivity (Wildman–Crippen MR) is 78.0 cm³/mol. The van der Waals surface area contributed by atoms with Crippen LogP contribution in [0.3, 0.4) is 0 Å². The van der Waals surface area contributed by atoms with Gasteiger partial charge >= 0.3 is 12.0 Å². The Bertz CT molecular complexity index is 528. The number of aliphatic carboxylic acids is 1. The molecule has 1 atom stereocenters. The van der Waals surface area contributed by atoms with Gasteiger partial charge in [-0.15, -0.1) is 0 Å². The molecule has 1 unspecified atom stereocenters. The van der Waals surface area contributed by atoms with E-state index in [2.05, 4.69) is 5.32 Å². The van der Waals surface area contributed by atoms with E-state index in [1.165, 1.54) is 11.8 Å². The van der Waals surface area contributed by atoms with Gasteiger partial charge in [-0.05, 0) is 26.0 Å². The van der Waals surface area contributed by atoms with Gasteiger partial charge in [0.25, 0.3) is 0 Å². The second kappa shape index (κ2) is 7.28. The molecule has 1 aromatic carbocycles. The molecule has 0 aromatic heterocycles.